The van der Waals surface area contributed by atoms with Crippen LogP contribution in [0.4, 0.5) is 11.4 Å². The largest absolute Gasteiger partial charge is 0.462 e. The van der Waals surface area contributed by atoms with Crippen LogP contribution in [0.5, 0.6) is 11.5 Å². The fourth-order valence-electron chi connectivity index (χ4n) is 10.6. The van der Waals surface area contributed by atoms with Crippen molar-refractivity contribution in [1.82, 2.24) is 19.9 Å². The highest BCUT2D eigenvalue weighted by molar-refractivity contribution is 5.52. The molecule has 0 aliphatic carbocycles. The van der Waals surface area contributed by atoms with Gasteiger partial charge in [-0.15, -0.1) is 0 Å². The van der Waals surface area contributed by atoms with E-state index in [1.54, 1.807) is 24.3 Å². The van der Waals surface area contributed by atoms with Gasteiger partial charge in [0.25, 0.3) is 0 Å². The summed E-state index contributed by atoms with van der Waals surface area (Å²) in [5.41, 5.74) is 24.6. The summed E-state index contributed by atoms with van der Waals surface area (Å²) >= 11 is 0. The van der Waals surface area contributed by atoms with Crippen LogP contribution < -0.4 is 20.9 Å². The van der Waals surface area contributed by atoms with Crippen LogP contribution in [-0.2, 0) is 9.47 Å². The third kappa shape index (κ3) is 9.26. The summed E-state index contributed by atoms with van der Waals surface area (Å²) in [6.07, 6.45) is -14.3. The van der Waals surface area contributed by atoms with E-state index in [0.717, 1.165) is 67.8 Å². The van der Waals surface area contributed by atoms with Gasteiger partial charge in [0.05, 0.1) is 36.9 Å². The second-order valence-corrected chi connectivity index (χ2v) is 19.3. The Bertz CT molecular complexity index is 2850. The Labute approximate surface area is 424 Å². The van der Waals surface area contributed by atoms with E-state index in [1.165, 1.54) is 0 Å². The fourth-order valence-corrected chi connectivity index (χ4v) is 10.6. The average molecular weight is 1010 g/mol. The van der Waals surface area contributed by atoms with Crippen LogP contribution in [0.3, 0.4) is 0 Å². The van der Waals surface area contributed by atoms with E-state index < -0.39 is 74.6 Å². The second kappa shape index (κ2) is 20.3. The molecule has 16 N–H and O–H groups in total. The van der Waals surface area contributed by atoms with Crippen molar-refractivity contribution < 1.29 is 59.8 Å². The lowest BCUT2D eigenvalue weighted by Crippen LogP contribution is -2.60. The molecule has 10 atom stereocenters. The quantitative estimate of drug-likeness (QED) is 0.0872. The number of aromatic nitrogens is 4. The molecule has 0 radical (unpaired) electrons. The minimum absolute atomic E-state index is 0.316. The highest BCUT2D eigenvalue weighted by Crippen LogP contribution is 2.42. The highest BCUT2D eigenvalue weighted by Gasteiger charge is 2.46. The lowest BCUT2D eigenvalue weighted by molar-refractivity contribution is -0.277. The molecule has 384 valence electrons. The van der Waals surface area contributed by atoms with Gasteiger partial charge in [-0.25, -0.2) is 0 Å². The number of benzene rings is 4. The van der Waals surface area contributed by atoms with E-state index in [9.17, 15) is 40.9 Å². The Kier molecular flexibility index (Phi) is 13.4. The average Bonchev–Trinajstić information content (AvgIpc) is 4.27. The molecule has 0 saturated carbocycles. The maximum Gasteiger partial charge on any atom is 0.229 e. The van der Waals surface area contributed by atoms with Gasteiger partial charge < -0.3 is 91.2 Å². The predicted molar refractivity (Wildman–Crippen MR) is 270 cm³/mol. The summed E-state index contributed by atoms with van der Waals surface area (Å²) in [7, 11) is 0. The second-order valence-electron chi connectivity index (χ2n) is 19.3. The van der Waals surface area contributed by atoms with Gasteiger partial charge >= 0.3 is 0 Å². The molecule has 18 nitrogen and oxygen atoms in total. The zero-order chi connectivity index (χ0) is 51.4. The molecule has 7 heterocycles. The van der Waals surface area contributed by atoms with E-state index in [-0.39, 0.29) is 23.7 Å². The molecule has 4 aromatic carbocycles. The molecule has 0 unspecified atom stereocenters. The molecule has 18 heteroatoms. The van der Waals surface area contributed by atoms with Crippen LogP contribution in [0.15, 0.2) is 146 Å². The SMILES string of the molecule is Nc1ccc(C2c3ccc([nH]3)C(c3ccc(O[C@@H]4O[C@@H](CO)[C@@H](O)[C@H](O)[C@@H]4O)cc3)c3ccc([nH]3)C(c3ccc(N)cc3)c3ccc([nH]3)C(c3ccc(O[C@@H]4O[C@@H](CO)[C@@H](O)[C@H](O)[C@@H]4O)cc3)c3ccc2[nH]3)cc1. The number of nitrogens with two attached hydrogens (primary N) is 2. The topological polar surface area (TPSA) is 314 Å². The molecule has 11 rings (SSSR count). The van der Waals surface area contributed by atoms with Crippen LogP contribution in [0.1, 0.15) is 91.5 Å². The van der Waals surface area contributed by atoms with Crippen molar-refractivity contribution in [2.45, 2.75) is 85.1 Å². The number of hydrogen-bond acceptors (Lipinski definition) is 14. The normalized spacial score (nSPS) is 28.9. The molecule has 2 fully saturated rings. The smallest absolute Gasteiger partial charge is 0.229 e. The first-order valence-corrected chi connectivity index (χ1v) is 24.5. The van der Waals surface area contributed by atoms with Crippen LogP contribution in [-0.4, -0.2) is 135 Å². The van der Waals surface area contributed by atoms with Crippen molar-refractivity contribution in [3.05, 3.63) is 213 Å². The number of aliphatic hydroxyl groups is 8. The van der Waals surface area contributed by atoms with Crippen molar-refractivity contribution in [2.24, 2.45) is 0 Å². The fraction of sp³-hybridized carbons (Fsp3) is 0.286. The molecule has 0 spiro atoms. The molecule has 2 saturated heterocycles. The van der Waals surface area contributed by atoms with E-state index >= 15 is 0 Å². The zero-order valence-corrected chi connectivity index (χ0v) is 39.7. The number of ether oxygens (including phenoxy) is 4. The monoisotopic (exact) mass is 1010 g/mol. The Hall–Kier alpha value is -7.20. The van der Waals surface area contributed by atoms with Crippen molar-refractivity contribution in [1.29, 1.82) is 0 Å². The number of nitrogens with one attached hydrogen (secondary N) is 4. The first-order valence-electron chi connectivity index (χ1n) is 24.5. The Balaban J connectivity index is 1.01. The lowest BCUT2D eigenvalue weighted by Gasteiger charge is -2.39. The Morgan fingerprint density at radius 3 is 0.824 bits per heavy atom. The molecule has 3 aliphatic heterocycles. The van der Waals surface area contributed by atoms with Gasteiger partial charge in [0.1, 0.15) is 60.3 Å². The number of aliphatic hydroxyl groups excluding tert-OH is 8. The van der Waals surface area contributed by atoms with E-state index in [1.807, 2.05) is 72.8 Å². The molecule has 8 bridgehead atoms. The summed E-state index contributed by atoms with van der Waals surface area (Å²) in [5.74, 6) is -0.715. The van der Waals surface area contributed by atoms with Gasteiger partial charge in [-0.3, -0.25) is 0 Å². The number of fused-ring (bicyclic) bond motifs is 8. The molecule has 0 amide bonds. The summed E-state index contributed by atoms with van der Waals surface area (Å²) in [5, 5.41) is 82.5. The van der Waals surface area contributed by atoms with E-state index in [0.29, 0.717) is 22.9 Å². The van der Waals surface area contributed by atoms with Gasteiger partial charge in [-0.05, 0) is 119 Å². The number of anilines is 2. The van der Waals surface area contributed by atoms with Crippen molar-refractivity contribution in [3.8, 4) is 11.5 Å². The minimum Gasteiger partial charge on any atom is -0.462 e. The standard InChI is InChI=1S/C56H58N6O12/c57-31-9-1-27(2-10-31)45-35-17-21-39(59-35)47(29-5-13-33(14-6-29)71-55-53(69)51(67)49(65)43(25-63)73-55)41-23-19-37(61-41)46(28-3-11-32(58)12-4-28)38-20-24-42(62-38)48(40-22-18-36(45)60-40)30-7-15-34(16-8-30)72-56-54(70)52(68)50(66)44(26-64)74-56/h1-24,43-56,59-70H,25-26,57-58H2/t43-,44-,45?,46?,47?,48?,49+,50+,51-,52-,53-,54-,55+,56+/m0/s1. The van der Waals surface area contributed by atoms with Crippen LogP contribution in [0.25, 0.3) is 0 Å². The summed E-state index contributed by atoms with van der Waals surface area (Å²) < 4.78 is 23.3. The van der Waals surface area contributed by atoms with Crippen LogP contribution in [0, 0.1) is 0 Å². The molecule has 3 aliphatic rings. The van der Waals surface area contributed by atoms with Gasteiger partial charge in [-0.1, -0.05) is 48.5 Å². The Morgan fingerprint density at radius 1 is 0.338 bits per heavy atom. The van der Waals surface area contributed by atoms with Crippen LogP contribution in [0.2, 0.25) is 0 Å². The number of rotatable bonds is 10. The molecule has 4 aromatic heterocycles. The third-order valence-corrected chi connectivity index (χ3v) is 14.6. The Morgan fingerprint density at radius 2 is 0.581 bits per heavy atom. The number of nitrogen functional groups attached to an aromatic ring is 2. The molecule has 8 aromatic rings. The van der Waals surface area contributed by atoms with Gasteiger partial charge in [0.2, 0.25) is 12.6 Å². The number of H-pyrrole nitrogens is 4. The molecular formula is C56H58N6O12. The van der Waals surface area contributed by atoms with Crippen molar-refractivity contribution >= 4 is 11.4 Å². The molecular weight excluding hydrogens is 949 g/mol. The van der Waals surface area contributed by atoms with Crippen molar-refractivity contribution in [3.63, 3.8) is 0 Å². The summed E-state index contributed by atoms with van der Waals surface area (Å²) in [4.78, 5) is 15.3. The van der Waals surface area contributed by atoms with Gasteiger partial charge in [0, 0.05) is 56.9 Å². The maximum atomic E-state index is 10.7. The first kappa shape index (κ1) is 49.0. The third-order valence-electron chi connectivity index (χ3n) is 14.6. The summed E-state index contributed by atoms with van der Waals surface area (Å²) in [6.45, 7) is -1.16. The van der Waals surface area contributed by atoms with Gasteiger partial charge in [0.15, 0.2) is 0 Å². The lowest BCUT2D eigenvalue weighted by atomic mass is 9.92. The van der Waals surface area contributed by atoms with E-state index in [4.69, 9.17) is 30.4 Å². The van der Waals surface area contributed by atoms with E-state index in [2.05, 4.69) is 68.5 Å². The van der Waals surface area contributed by atoms with Gasteiger partial charge in [-0.2, -0.15) is 0 Å². The summed E-state index contributed by atoms with van der Waals surface area (Å²) in [6, 6.07) is 46.9. The number of hydrogen-bond donors (Lipinski definition) is 14. The minimum atomic E-state index is -1.59. The molecule has 74 heavy (non-hydrogen) atoms. The van der Waals surface area contributed by atoms with Crippen LogP contribution >= 0.6 is 0 Å². The maximum absolute atomic E-state index is 10.7. The zero-order valence-electron chi connectivity index (χ0n) is 39.7. The van der Waals surface area contributed by atoms with Crippen molar-refractivity contribution in [2.75, 3.05) is 24.7 Å². The first-order chi connectivity index (χ1) is 35.8. The number of aromatic amines is 4. The predicted octanol–water partition coefficient (Wildman–Crippen LogP) is 3.56. The highest BCUT2D eigenvalue weighted by atomic mass is 16.7.